The Morgan fingerprint density at radius 1 is 0.966 bits per heavy atom. The van der Waals surface area contributed by atoms with Crippen molar-refractivity contribution in [2.45, 2.75) is 25.8 Å². The second-order valence-corrected chi connectivity index (χ2v) is 9.09. The Morgan fingerprint density at radius 3 is 2.41 bits per heavy atom. The number of amides is 1. The van der Waals surface area contributed by atoms with Crippen molar-refractivity contribution in [2.75, 3.05) is 26.2 Å². The van der Waals surface area contributed by atoms with Gasteiger partial charge in [-0.15, -0.1) is 0 Å². The molecule has 3 fully saturated rings. The Hall–Kier alpha value is -2.40. The molecule has 3 aliphatic rings. The maximum atomic E-state index is 13.2. The van der Waals surface area contributed by atoms with Crippen molar-refractivity contribution in [1.29, 1.82) is 0 Å². The number of aliphatic carboxylic acids is 1. The lowest BCUT2D eigenvalue weighted by molar-refractivity contribution is -0.917. The van der Waals surface area contributed by atoms with E-state index in [-0.39, 0.29) is 23.7 Å². The molecule has 5 nitrogen and oxygen atoms in total. The van der Waals surface area contributed by atoms with Gasteiger partial charge in [0.25, 0.3) is 0 Å². The van der Waals surface area contributed by atoms with Gasteiger partial charge in [-0.3, -0.25) is 4.79 Å². The van der Waals surface area contributed by atoms with E-state index in [9.17, 15) is 14.7 Å². The fourth-order valence-corrected chi connectivity index (χ4v) is 6.13. The number of fused-ring (bicyclic) bond motifs is 3. The van der Waals surface area contributed by atoms with Crippen molar-refractivity contribution in [3.63, 3.8) is 0 Å². The number of carboxylic acids is 1. The monoisotopic (exact) mass is 392 g/mol. The van der Waals surface area contributed by atoms with Crippen LogP contribution in [0, 0.1) is 23.7 Å². The first-order valence-electron chi connectivity index (χ1n) is 10.9. The number of nitrogens with one attached hydrogen (secondary N) is 1. The Kier molecular flexibility index (Phi) is 4.78. The molecule has 1 N–H and O–H groups in total. The number of benzene rings is 2. The summed E-state index contributed by atoms with van der Waals surface area (Å²) in [5, 5.41) is 14.2. The topological polar surface area (TPSA) is 64.9 Å². The van der Waals surface area contributed by atoms with E-state index >= 15 is 0 Å². The molecule has 4 atom stereocenters. The van der Waals surface area contributed by atoms with E-state index in [1.54, 1.807) is 0 Å². The van der Waals surface area contributed by atoms with Gasteiger partial charge in [0.2, 0.25) is 5.91 Å². The molecule has 0 radical (unpaired) electrons. The van der Waals surface area contributed by atoms with Crippen LogP contribution in [-0.2, 0) is 16.1 Å². The molecule has 2 aromatic rings. The second kappa shape index (κ2) is 7.45. The first-order chi connectivity index (χ1) is 14.1. The number of carbonyl (C=O) groups is 2. The fraction of sp³-hybridized carbons (Fsp3) is 0.500. The van der Waals surface area contributed by atoms with Crippen molar-refractivity contribution in [3.05, 3.63) is 48.0 Å². The third-order valence-electron chi connectivity index (χ3n) is 7.58. The minimum Gasteiger partial charge on any atom is -0.550 e. The Morgan fingerprint density at radius 2 is 1.66 bits per heavy atom. The molecular formula is C24H28N2O3. The van der Waals surface area contributed by atoms with Crippen LogP contribution in [0.15, 0.2) is 42.5 Å². The van der Waals surface area contributed by atoms with E-state index in [1.165, 1.54) is 21.2 Å². The van der Waals surface area contributed by atoms with Gasteiger partial charge in [-0.25, -0.2) is 0 Å². The van der Waals surface area contributed by atoms with E-state index in [0.29, 0.717) is 13.1 Å². The molecule has 152 valence electrons. The van der Waals surface area contributed by atoms with Gasteiger partial charge in [-0.05, 0) is 41.9 Å². The molecule has 5 rings (SSSR count). The van der Waals surface area contributed by atoms with Crippen LogP contribution >= 0.6 is 0 Å². The lowest BCUT2D eigenvalue weighted by Gasteiger charge is -2.38. The molecule has 1 saturated heterocycles. The zero-order chi connectivity index (χ0) is 20.0. The van der Waals surface area contributed by atoms with Gasteiger partial charge >= 0.3 is 0 Å². The number of nitrogens with zero attached hydrogens (tertiary/aromatic N) is 1. The second-order valence-electron chi connectivity index (χ2n) is 9.09. The van der Waals surface area contributed by atoms with Crippen LogP contribution in [0.4, 0.5) is 0 Å². The first kappa shape index (κ1) is 18.6. The molecular weight excluding hydrogens is 364 g/mol. The van der Waals surface area contributed by atoms with Gasteiger partial charge in [0, 0.05) is 23.4 Å². The third-order valence-corrected chi connectivity index (χ3v) is 7.58. The number of rotatable bonds is 4. The summed E-state index contributed by atoms with van der Waals surface area (Å²) >= 11 is 0. The average molecular weight is 392 g/mol. The van der Waals surface area contributed by atoms with E-state index in [2.05, 4.69) is 42.5 Å². The van der Waals surface area contributed by atoms with Gasteiger partial charge in [-0.1, -0.05) is 42.5 Å². The van der Waals surface area contributed by atoms with Gasteiger partial charge in [0.15, 0.2) is 0 Å². The van der Waals surface area contributed by atoms with E-state index in [0.717, 1.165) is 38.9 Å². The van der Waals surface area contributed by atoms with Crippen LogP contribution in [0.25, 0.3) is 10.8 Å². The highest BCUT2D eigenvalue weighted by molar-refractivity contribution is 5.86. The molecule has 29 heavy (non-hydrogen) atoms. The van der Waals surface area contributed by atoms with Crippen LogP contribution < -0.4 is 10.0 Å². The molecule has 1 amide bonds. The van der Waals surface area contributed by atoms with E-state index in [4.69, 9.17) is 0 Å². The Balaban J connectivity index is 1.24. The summed E-state index contributed by atoms with van der Waals surface area (Å²) in [6.07, 6.45) is 2.83. The lowest BCUT2D eigenvalue weighted by Crippen LogP contribution is -3.13. The summed E-state index contributed by atoms with van der Waals surface area (Å²) in [6, 6.07) is 14.9. The number of quaternary nitrogens is 1. The summed E-state index contributed by atoms with van der Waals surface area (Å²) in [6.45, 7) is 4.20. The number of carboxylic acid groups (broad SMARTS) is 1. The molecule has 2 bridgehead atoms. The molecule has 2 aliphatic carbocycles. The zero-order valence-electron chi connectivity index (χ0n) is 16.7. The summed E-state index contributed by atoms with van der Waals surface area (Å²) in [4.78, 5) is 28.2. The number of hydrogen-bond donors (Lipinski definition) is 1. The molecule has 1 heterocycles. The highest BCUT2D eigenvalue weighted by Gasteiger charge is 2.52. The third kappa shape index (κ3) is 3.31. The van der Waals surface area contributed by atoms with Gasteiger partial charge in [0.1, 0.15) is 6.54 Å². The van der Waals surface area contributed by atoms with Crippen molar-refractivity contribution < 1.29 is 19.6 Å². The predicted octanol–water partition coefficient (Wildman–Crippen LogP) is 0.479. The maximum absolute atomic E-state index is 13.2. The number of carbonyl (C=O) groups excluding carboxylic acids is 2. The van der Waals surface area contributed by atoms with Crippen LogP contribution in [0.3, 0.4) is 0 Å². The summed E-state index contributed by atoms with van der Waals surface area (Å²) < 4.78 is 0. The Labute approximate surface area is 171 Å². The fourth-order valence-electron chi connectivity index (χ4n) is 6.13. The highest BCUT2D eigenvalue weighted by atomic mass is 16.4. The van der Waals surface area contributed by atoms with E-state index in [1.807, 2.05) is 4.90 Å². The highest BCUT2D eigenvalue weighted by Crippen LogP contribution is 2.52. The average Bonchev–Trinajstić information content (AvgIpc) is 3.36. The standard InChI is InChI=1S/C24H28N2O3/c27-23(21-17-8-9-18(14-17)22(21)24(28)29)26-12-10-25(11-13-26)15-19-6-3-5-16-4-1-2-7-20(16)19/h1-7,17-18,21-22H,8-15H2,(H,28,29)/t17-,18-,21+,22+/m1/s1. The molecule has 0 spiro atoms. The quantitative estimate of drug-likeness (QED) is 0.823. The number of piperazine rings is 1. The molecule has 2 saturated carbocycles. The molecule has 5 heteroatoms. The molecule has 0 unspecified atom stereocenters. The number of hydrogen-bond acceptors (Lipinski definition) is 3. The normalized spacial score (nSPS) is 29.4. The van der Waals surface area contributed by atoms with E-state index < -0.39 is 11.9 Å². The maximum Gasteiger partial charge on any atom is 0.227 e. The molecule has 0 aromatic heterocycles. The van der Waals surface area contributed by atoms with Gasteiger partial charge in [-0.2, -0.15) is 0 Å². The SMILES string of the molecule is O=C([O-])[C@H]1[C@@H]2CC[C@H](C2)[C@@H]1C(=O)N1CC[NH+](Cc2cccc3ccccc23)CC1. The lowest BCUT2D eigenvalue weighted by atomic mass is 9.78. The van der Waals surface area contributed by atoms with Gasteiger partial charge in [0.05, 0.1) is 26.2 Å². The molecule has 2 aromatic carbocycles. The molecule has 1 aliphatic heterocycles. The summed E-state index contributed by atoms with van der Waals surface area (Å²) in [5.74, 6) is -1.47. The summed E-state index contributed by atoms with van der Waals surface area (Å²) in [5.41, 5.74) is 1.35. The van der Waals surface area contributed by atoms with Crippen LogP contribution in [0.1, 0.15) is 24.8 Å². The van der Waals surface area contributed by atoms with Crippen LogP contribution in [-0.4, -0.2) is 43.0 Å². The summed E-state index contributed by atoms with van der Waals surface area (Å²) in [7, 11) is 0. The minimum absolute atomic E-state index is 0.0654. The Bertz CT molecular complexity index is 929. The van der Waals surface area contributed by atoms with Crippen molar-refractivity contribution >= 4 is 22.6 Å². The van der Waals surface area contributed by atoms with Gasteiger partial charge < -0.3 is 19.7 Å². The predicted molar refractivity (Wildman–Crippen MR) is 108 cm³/mol. The smallest absolute Gasteiger partial charge is 0.227 e. The zero-order valence-corrected chi connectivity index (χ0v) is 16.7. The van der Waals surface area contributed by atoms with Crippen LogP contribution in [0.2, 0.25) is 0 Å². The van der Waals surface area contributed by atoms with Crippen molar-refractivity contribution in [3.8, 4) is 0 Å². The first-order valence-corrected chi connectivity index (χ1v) is 10.9. The largest absolute Gasteiger partial charge is 0.550 e. The van der Waals surface area contributed by atoms with Crippen LogP contribution in [0.5, 0.6) is 0 Å². The van der Waals surface area contributed by atoms with Crippen molar-refractivity contribution in [1.82, 2.24) is 4.90 Å². The van der Waals surface area contributed by atoms with Crippen molar-refractivity contribution in [2.24, 2.45) is 23.7 Å². The minimum atomic E-state index is -1.02.